The lowest BCUT2D eigenvalue weighted by atomic mass is 9.98. The summed E-state index contributed by atoms with van der Waals surface area (Å²) in [5.74, 6) is -2.14. The molecule has 0 saturated heterocycles. The van der Waals surface area contributed by atoms with Gasteiger partial charge >= 0.3 is 0 Å². The number of carbonyl (C=O) groups excluding carboxylic acids is 1. The summed E-state index contributed by atoms with van der Waals surface area (Å²) in [5, 5.41) is 0. The van der Waals surface area contributed by atoms with Gasteiger partial charge in [-0.05, 0) is 42.5 Å². The van der Waals surface area contributed by atoms with Gasteiger partial charge in [0.1, 0.15) is 23.5 Å². The van der Waals surface area contributed by atoms with E-state index in [2.05, 4.69) is 0 Å². The number of fused-ring (bicyclic) bond motifs is 1. The molecule has 0 saturated carbocycles. The number of aromatic nitrogens is 1. The predicted octanol–water partition coefficient (Wildman–Crippen LogP) is 4.15. The molecule has 132 valence electrons. The van der Waals surface area contributed by atoms with Gasteiger partial charge in [-0.15, -0.1) is 0 Å². The van der Waals surface area contributed by atoms with E-state index in [9.17, 15) is 18.0 Å². The highest BCUT2D eigenvalue weighted by Crippen LogP contribution is 2.35. The van der Waals surface area contributed by atoms with Crippen molar-refractivity contribution in [2.24, 2.45) is 0 Å². The average molecular weight is 356 g/mol. The Morgan fingerprint density at radius 2 is 1.65 bits per heavy atom. The van der Waals surface area contributed by atoms with Crippen LogP contribution in [0.25, 0.3) is 0 Å². The molecule has 2 heterocycles. The van der Waals surface area contributed by atoms with Gasteiger partial charge in [-0.1, -0.05) is 6.07 Å². The Morgan fingerprint density at radius 1 is 0.923 bits per heavy atom. The number of halogens is 3. The highest BCUT2D eigenvalue weighted by Gasteiger charge is 2.34. The summed E-state index contributed by atoms with van der Waals surface area (Å²) in [7, 11) is 0. The first-order valence-electron chi connectivity index (χ1n) is 8.21. The van der Waals surface area contributed by atoms with Crippen molar-refractivity contribution >= 4 is 5.91 Å². The van der Waals surface area contributed by atoms with Crippen LogP contribution < -0.4 is 0 Å². The third kappa shape index (κ3) is 2.77. The first-order valence-corrected chi connectivity index (χ1v) is 8.21. The van der Waals surface area contributed by atoms with Crippen LogP contribution in [0, 0.1) is 17.5 Å². The maximum atomic E-state index is 14.5. The summed E-state index contributed by atoms with van der Waals surface area (Å²) in [6, 6.07) is 11.6. The van der Waals surface area contributed by atoms with E-state index in [4.69, 9.17) is 0 Å². The molecule has 1 aliphatic heterocycles. The lowest BCUT2D eigenvalue weighted by Crippen LogP contribution is -2.42. The molecule has 1 aromatic heterocycles. The largest absolute Gasteiger partial charge is 0.348 e. The van der Waals surface area contributed by atoms with E-state index in [-0.39, 0.29) is 11.5 Å². The van der Waals surface area contributed by atoms with Crippen LogP contribution in [0.3, 0.4) is 0 Å². The number of nitrogens with zero attached hydrogens (tertiary/aromatic N) is 2. The van der Waals surface area contributed by atoms with Crippen LogP contribution in [0.15, 0.2) is 60.8 Å². The second-order valence-corrected chi connectivity index (χ2v) is 6.20. The van der Waals surface area contributed by atoms with Crippen molar-refractivity contribution in [3.63, 3.8) is 0 Å². The van der Waals surface area contributed by atoms with Gasteiger partial charge in [0.15, 0.2) is 0 Å². The molecule has 2 aromatic carbocycles. The van der Waals surface area contributed by atoms with Crippen molar-refractivity contribution in [1.82, 2.24) is 9.47 Å². The van der Waals surface area contributed by atoms with Crippen molar-refractivity contribution in [3.05, 3.63) is 95.1 Å². The number of hydrogen-bond acceptors (Lipinski definition) is 1. The van der Waals surface area contributed by atoms with Gasteiger partial charge < -0.3 is 9.47 Å². The van der Waals surface area contributed by atoms with Crippen LogP contribution in [0.1, 0.15) is 27.7 Å². The number of carbonyl (C=O) groups is 1. The molecule has 0 spiro atoms. The lowest BCUT2D eigenvalue weighted by Gasteiger charge is -2.37. The quantitative estimate of drug-likeness (QED) is 0.677. The minimum Gasteiger partial charge on any atom is -0.348 e. The van der Waals surface area contributed by atoms with Crippen LogP contribution in [0.5, 0.6) is 0 Å². The fraction of sp³-hybridized carbons (Fsp3) is 0.150. The molecule has 4 rings (SSSR count). The minimum absolute atomic E-state index is 0.224. The second kappa shape index (κ2) is 6.37. The molecule has 0 bridgehead atoms. The van der Waals surface area contributed by atoms with Gasteiger partial charge in [0, 0.05) is 42.2 Å². The van der Waals surface area contributed by atoms with E-state index in [1.807, 2.05) is 22.9 Å². The maximum Gasteiger partial charge on any atom is 0.254 e. The molecule has 0 radical (unpaired) electrons. The molecule has 0 N–H and O–H groups in total. The molecule has 3 aromatic rings. The van der Waals surface area contributed by atoms with Crippen molar-refractivity contribution in [2.45, 2.75) is 12.6 Å². The fourth-order valence-electron chi connectivity index (χ4n) is 3.41. The molecule has 6 heteroatoms. The number of hydrogen-bond donors (Lipinski definition) is 0. The molecule has 26 heavy (non-hydrogen) atoms. The van der Waals surface area contributed by atoms with Crippen molar-refractivity contribution < 1.29 is 18.0 Å². The van der Waals surface area contributed by atoms with Crippen molar-refractivity contribution in [1.29, 1.82) is 0 Å². The van der Waals surface area contributed by atoms with Crippen LogP contribution in [-0.2, 0) is 6.54 Å². The number of benzene rings is 2. The Labute approximate surface area is 148 Å². The standard InChI is InChI=1S/C20H15F3N2O/c21-14-5-3-13(4-6-14)20(26)25-11-10-24-9-1-2-18(24)19(25)16-8-7-15(22)12-17(16)23/h1-9,12,19H,10-11H2. The third-order valence-corrected chi connectivity index (χ3v) is 4.65. The normalized spacial score (nSPS) is 16.4. The molecule has 0 aliphatic carbocycles. The van der Waals surface area contributed by atoms with E-state index in [1.165, 1.54) is 36.4 Å². The second-order valence-electron chi connectivity index (χ2n) is 6.20. The van der Waals surface area contributed by atoms with E-state index in [0.29, 0.717) is 18.7 Å². The lowest BCUT2D eigenvalue weighted by molar-refractivity contribution is 0.0661. The van der Waals surface area contributed by atoms with Gasteiger partial charge in [0.05, 0.1) is 0 Å². The SMILES string of the molecule is O=C(c1ccc(F)cc1)N1CCn2cccc2C1c1ccc(F)cc1F. The predicted molar refractivity (Wildman–Crippen MR) is 90.1 cm³/mol. The van der Waals surface area contributed by atoms with Gasteiger partial charge in [-0.25, -0.2) is 13.2 Å². The van der Waals surface area contributed by atoms with E-state index in [0.717, 1.165) is 11.8 Å². The highest BCUT2D eigenvalue weighted by molar-refractivity contribution is 5.94. The zero-order valence-corrected chi connectivity index (χ0v) is 13.7. The Morgan fingerprint density at radius 3 is 2.38 bits per heavy atom. The number of rotatable bonds is 2. The maximum absolute atomic E-state index is 14.5. The summed E-state index contributed by atoms with van der Waals surface area (Å²) in [5.41, 5.74) is 1.29. The van der Waals surface area contributed by atoms with Crippen molar-refractivity contribution in [3.8, 4) is 0 Å². The average Bonchev–Trinajstić information content (AvgIpc) is 3.10. The molecule has 1 aliphatic rings. The minimum atomic E-state index is -0.707. The monoisotopic (exact) mass is 356 g/mol. The summed E-state index contributed by atoms with van der Waals surface area (Å²) >= 11 is 0. The van der Waals surface area contributed by atoms with E-state index >= 15 is 0 Å². The topological polar surface area (TPSA) is 25.2 Å². The fourth-order valence-corrected chi connectivity index (χ4v) is 3.41. The van der Waals surface area contributed by atoms with E-state index in [1.54, 1.807) is 4.90 Å². The Kier molecular flexibility index (Phi) is 4.03. The zero-order valence-electron chi connectivity index (χ0n) is 13.7. The Balaban J connectivity index is 1.80. The van der Waals surface area contributed by atoms with Gasteiger partial charge in [0.2, 0.25) is 0 Å². The first-order chi connectivity index (χ1) is 12.5. The van der Waals surface area contributed by atoms with Crippen molar-refractivity contribution in [2.75, 3.05) is 6.54 Å². The molecule has 3 nitrogen and oxygen atoms in total. The Hall–Kier alpha value is -3.02. The smallest absolute Gasteiger partial charge is 0.254 e. The van der Waals surface area contributed by atoms with Crippen LogP contribution >= 0.6 is 0 Å². The summed E-state index contributed by atoms with van der Waals surface area (Å²) in [4.78, 5) is 14.5. The van der Waals surface area contributed by atoms with Crippen LogP contribution in [-0.4, -0.2) is 21.9 Å². The van der Waals surface area contributed by atoms with E-state index < -0.39 is 23.5 Å². The summed E-state index contributed by atoms with van der Waals surface area (Å²) in [6.45, 7) is 0.925. The number of amides is 1. The van der Waals surface area contributed by atoms with Crippen LogP contribution in [0.4, 0.5) is 13.2 Å². The third-order valence-electron chi connectivity index (χ3n) is 4.65. The molecule has 1 atom stereocenters. The molecule has 1 unspecified atom stereocenters. The van der Waals surface area contributed by atoms with Gasteiger partial charge in [-0.2, -0.15) is 0 Å². The highest BCUT2D eigenvalue weighted by atomic mass is 19.1. The summed E-state index contributed by atoms with van der Waals surface area (Å²) in [6.07, 6.45) is 1.86. The van der Waals surface area contributed by atoms with Gasteiger partial charge in [0.25, 0.3) is 5.91 Å². The zero-order chi connectivity index (χ0) is 18.3. The first kappa shape index (κ1) is 16.4. The Bertz CT molecular complexity index is 965. The molecular formula is C20H15F3N2O. The summed E-state index contributed by atoms with van der Waals surface area (Å²) < 4.78 is 43.0. The molecule has 1 amide bonds. The molecule has 0 fully saturated rings. The van der Waals surface area contributed by atoms with Gasteiger partial charge in [-0.3, -0.25) is 4.79 Å². The molecular weight excluding hydrogens is 341 g/mol. The van der Waals surface area contributed by atoms with Crippen LogP contribution in [0.2, 0.25) is 0 Å².